The highest BCUT2D eigenvalue weighted by Gasteiger charge is 2.22. The molecule has 2 rings (SSSR count). The summed E-state index contributed by atoms with van der Waals surface area (Å²) in [4.78, 5) is 34.9. The van der Waals surface area contributed by atoms with Gasteiger partial charge in [0.1, 0.15) is 0 Å². The predicted molar refractivity (Wildman–Crippen MR) is 97.8 cm³/mol. The summed E-state index contributed by atoms with van der Waals surface area (Å²) in [5.74, 6) is -0.209. The first kappa shape index (κ1) is 19.7. The van der Waals surface area contributed by atoms with Gasteiger partial charge >= 0.3 is 6.09 Å². The van der Waals surface area contributed by atoms with Crippen LogP contribution in [0.1, 0.15) is 37.0 Å². The van der Waals surface area contributed by atoms with E-state index in [-0.39, 0.29) is 18.7 Å². The van der Waals surface area contributed by atoms with Gasteiger partial charge in [-0.25, -0.2) is 4.79 Å². The number of alkyl carbamates (subject to hydrolysis) is 1. The first-order valence-corrected chi connectivity index (χ1v) is 8.81. The fourth-order valence-electron chi connectivity index (χ4n) is 2.95. The summed E-state index contributed by atoms with van der Waals surface area (Å²) in [6.07, 6.45) is 0.989. The second kappa shape index (κ2) is 9.76. The highest BCUT2D eigenvalue weighted by Crippen LogP contribution is 2.19. The highest BCUT2D eigenvalue weighted by atomic mass is 16.5. The summed E-state index contributed by atoms with van der Waals surface area (Å²) < 4.78 is 4.74. The Morgan fingerprint density at radius 2 is 2.04 bits per heavy atom. The number of rotatable bonds is 6. The molecule has 2 atom stereocenters. The number of anilines is 1. The maximum Gasteiger partial charge on any atom is 0.414 e. The minimum absolute atomic E-state index is 0.0320. The average Bonchev–Trinajstić information content (AvgIpc) is 2.60. The molecular weight excluding hydrogens is 336 g/mol. The number of piperidine rings is 1. The van der Waals surface area contributed by atoms with Crippen molar-refractivity contribution in [3.63, 3.8) is 0 Å². The van der Waals surface area contributed by atoms with Crippen LogP contribution in [0.15, 0.2) is 24.3 Å². The molecule has 1 saturated heterocycles. The molecule has 8 nitrogen and oxygen atoms in total. The smallest absolute Gasteiger partial charge is 0.414 e. The zero-order valence-electron chi connectivity index (χ0n) is 15.1. The van der Waals surface area contributed by atoms with Crippen LogP contribution in [0.4, 0.5) is 10.5 Å². The molecule has 142 valence electrons. The molecule has 0 spiro atoms. The van der Waals surface area contributed by atoms with Crippen LogP contribution < -0.4 is 21.3 Å². The Kier molecular flexibility index (Phi) is 7.40. The first-order valence-electron chi connectivity index (χ1n) is 8.81. The zero-order valence-corrected chi connectivity index (χ0v) is 15.1. The average molecular weight is 362 g/mol. The van der Waals surface area contributed by atoms with Crippen molar-refractivity contribution in [2.75, 3.05) is 25.0 Å². The van der Waals surface area contributed by atoms with Gasteiger partial charge in [-0.1, -0.05) is 12.1 Å². The summed E-state index contributed by atoms with van der Waals surface area (Å²) >= 11 is 0. The van der Waals surface area contributed by atoms with E-state index in [1.165, 1.54) is 6.92 Å². The lowest BCUT2D eigenvalue weighted by Gasteiger charge is -2.31. The number of imide groups is 1. The third-order valence-electron chi connectivity index (χ3n) is 4.13. The molecule has 8 heteroatoms. The van der Waals surface area contributed by atoms with E-state index in [9.17, 15) is 14.4 Å². The monoisotopic (exact) mass is 362 g/mol. The van der Waals surface area contributed by atoms with Crippen LogP contribution in [0.3, 0.4) is 0 Å². The highest BCUT2D eigenvalue weighted by molar-refractivity contribution is 6.06. The third-order valence-corrected chi connectivity index (χ3v) is 4.13. The number of carbonyl (C=O) groups excluding carboxylic acids is 3. The fraction of sp³-hybridized carbons (Fsp3) is 0.500. The van der Waals surface area contributed by atoms with E-state index >= 15 is 0 Å². The Hall–Kier alpha value is -2.61. The standard InChI is InChI=1S/C18H26N4O4/c1-3-26-18(25)22-17(24)14-6-4-5-7-15(14)20-11-13-8-9-19-16(10-13)21-12(2)23/h4-7,13,16,19-20H,3,8-11H2,1-2H3,(H,21,23)(H,22,24,25). The first-order chi connectivity index (χ1) is 12.5. The largest absolute Gasteiger partial charge is 0.450 e. The van der Waals surface area contributed by atoms with Crippen LogP contribution in [0.2, 0.25) is 0 Å². The summed E-state index contributed by atoms with van der Waals surface area (Å²) in [5, 5.41) is 11.6. The van der Waals surface area contributed by atoms with Crippen molar-refractivity contribution in [2.45, 2.75) is 32.9 Å². The molecule has 4 N–H and O–H groups in total. The maximum absolute atomic E-state index is 12.3. The molecule has 1 aliphatic heterocycles. The number of nitrogens with one attached hydrogen (secondary N) is 4. The van der Waals surface area contributed by atoms with E-state index in [0.29, 0.717) is 23.7 Å². The van der Waals surface area contributed by atoms with Crippen LogP contribution in [0.5, 0.6) is 0 Å². The van der Waals surface area contributed by atoms with Gasteiger partial charge in [0.25, 0.3) is 5.91 Å². The molecule has 1 aromatic rings. The van der Waals surface area contributed by atoms with E-state index in [2.05, 4.69) is 21.3 Å². The van der Waals surface area contributed by atoms with E-state index in [1.54, 1.807) is 25.1 Å². The van der Waals surface area contributed by atoms with Gasteiger partial charge in [0.2, 0.25) is 5.91 Å². The van der Waals surface area contributed by atoms with Gasteiger partial charge in [0.05, 0.1) is 18.3 Å². The van der Waals surface area contributed by atoms with Gasteiger partial charge in [-0.05, 0) is 44.4 Å². The summed E-state index contributed by atoms with van der Waals surface area (Å²) in [6, 6.07) is 7.01. The molecule has 2 unspecified atom stereocenters. The second-order valence-electron chi connectivity index (χ2n) is 6.20. The van der Waals surface area contributed by atoms with Crippen molar-refractivity contribution >= 4 is 23.6 Å². The molecule has 0 saturated carbocycles. The van der Waals surface area contributed by atoms with E-state index in [1.807, 2.05) is 6.07 Å². The number of para-hydroxylation sites is 1. The Morgan fingerprint density at radius 3 is 2.77 bits per heavy atom. The molecule has 3 amide bonds. The van der Waals surface area contributed by atoms with E-state index in [4.69, 9.17) is 4.74 Å². The fourth-order valence-corrected chi connectivity index (χ4v) is 2.95. The molecule has 0 radical (unpaired) electrons. The number of hydrogen-bond acceptors (Lipinski definition) is 6. The van der Waals surface area contributed by atoms with E-state index in [0.717, 1.165) is 19.4 Å². The van der Waals surface area contributed by atoms with Crippen molar-refractivity contribution in [3.05, 3.63) is 29.8 Å². The van der Waals surface area contributed by atoms with Crippen molar-refractivity contribution in [1.29, 1.82) is 0 Å². The quantitative estimate of drug-likeness (QED) is 0.610. The molecule has 1 aliphatic rings. The van der Waals surface area contributed by atoms with Gasteiger partial charge in [0, 0.05) is 19.2 Å². The van der Waals surface area contributed by atoms with Crippen LogP contribution in [-0.4, -0.2) is 43.8 Å². The molecule has 0 bridgehead atoms. The third kappa shape index (κ3) is 6.03. The Morgan fingerprint density at radius 1 is 1.27 bits per heavy atom. The van der Waals surface area contributed by atoms with Crippen LogP contribution in [0.25, 0.3) is 0 Å². The second-order valence-corrected chi connectivity index (χ2v) is 6.20. The zero-order chi connectivity index (χ0) is 18.9. The number of amides is 3. The molecule has 0 aromatic heterocycles. The van der Waals surface area contributed by atoms with Gasteiger partial charge in [-0.15, -0.1) is 0 Å². The lowest BCUT2D eigenvalue weighted by molar-refractivity contribution is -0.120. The minimum atomic E-state index is -0.760. The van der Waals surface area contributed by atoms with Crippen molar-refractivity contribution < 1.29 is 19.1 Å². The molecule has 0 aliphatic carbocycles. The summed E-state index contributed by atoms with van der Waals surface area (Å²) in [5.41, 5.74) is 1.04. The Balaban J connectivity index is 1.94. The minimum Gasteiger partial charge on any atom is -0.450 e. The van der Waals surface area contributed by atoms with Crippen LogP contribution in [-0.2, 0) is 9.53 Å². The van der Waals surface area contributed by atoms with Crippen molar-refractivity contribution in [3.8, 4) is 0 Å². The normalized spacial score (nSPS) is 19.3. The topological polar surface area (TPSA) is 109 Å². The van der Waals surface area contributed by atoms with Crippen molar-refractivity contribution in [1.82, 2.24) is 16.0 Å². The molecule has 1 heterocycles. The lowest BCUT2D eigenvalue weighted by Crippen LogP contribution is -2.50. The lowest BCUT2D eigenvalue weighted by atomic mass is 9.95. The van der Waals surface area contributed by atoms with Gasteiger partial charge in [0.15, 0.2) is 0 Å². The number of benzene rings is 1. The molecule has 1 fully saturated rings. The SMILES string of the molecule is CCOC(=O)NC(=O)c1ccccc1NCC1CCNC(NC(C)=O)C1. The predicted octanol–water partition coefficient (Wildman–Crippen LogP) is 1.45. The number of ether oxygens (including phenoxy) is 1. The molecule has 26 heavy (non-hydrogen) atoms. The number of hydrogen-bond donors (Lipinski definition) is 4. The summed E-state index contributed by atoms with van der Waals surface area (Å²) in [6.45, 7) is 4.86. The number of carbonyl (C=O) groups is 3. The molecular formula is C18H26N4O4. The van der Waals surface area contributed by atoms with Crippen molar-refractivity contribution in [2.24, 2.45) is 5.92 Å². The van der Waals surface area contributed by atoms with Gasteiger partial charge in [-0.2, -0.15) is 0 Å². The van der Waals surface area contributed by atoms with E-state index < -0.39 is 12.0 Å². The van der Waals surface area contributed by atoms with Gasteiger partial charge in [-0.3, -0.25) is 20.2 Å². The Labute approximate surface area is 153 Å². The molecule has 1 aromatic carbocycles. The Bertz CT molecular complexity index is 650. The van der Waals surface area contributed by atoms with Crippen LogP contribution >= 0.6 is 0 Å². The van der Waals surface area contributed by atoms with Gasteiger partial charge < -0.3 is 15.4 Å². The maximum atomic E-state index is 12.3. The summed E-state index contributed by atoms with van der Waals surface area (Å²) in [7, 11) is 0. The van der Waals surface area contributed by atoms with Crippen LogP contribution in [0, 0.1) is 5.92 Å².